The maximum atomic E-state index is 13.1. The maximum absolute atomic E-state index is 13.1. The number of hydrogen-bond donors (Lipinski definition) is 0. The van der Waals surface area contributed by atoms with Crippen LogP contribution >= 0.6 is 0 Å². The summed E-state index contributed by atoms with van der Waals surface area (Å²) in [6, 6.07) is 3.72. The predicted molar refractivity (Wildman–Crippen MR) is 61.2 cm³/mol. The van der Waals surface area contributed by atoms with Gasteiger partial charge in [0.25, 0.3) is 11.7 Å². The summed E-state index contributed by atoms with van der Waals surface area (Å²) in [6.45, 7) is 0.339. The molecule has 1 aromatic rings. The van der Waals surface area contributed by atoms with Crippen molar-refractivity contribution in [2.75, 3.05) is 11.4 Å². The number of amides is 1. The molecule has 1 aliphatic heterocycles. The van der Waals surface area contributed by atoms with E-state index in [4.69, 9.17) is 6.42 Å². The van der Waals surface area contributed by atoms with E-state index in [1.807, 2.05) is 0 Å². The summed E-state index contributed by atoms with van der Waals surface area (Å²) in [5, 5.41) is 0. The van der Waals surface area contributed by atoms with Gasteiger partial charge in [0.2, 0.25) is 0 Å². The van der Waals surface area contributed by atoms with Gasteiger partial charge in [0.1, 0.15) is 5.82 Å². The van der Waals surface area contributed by atoms with Crippen molar-refractivity contribution in [2.45, 2.75) is 12.8 Å². The Morgan fingerprint density at radius 2 is 2.12 bits per heavy atom. The van der Waals surface area contributed by atoms with Crippen LogP contribution in [0.25, 0.3) is 0 Å². The molecule has 0 spiro atoms. The Bertz CT molecular complexity index is 531. The number of ketones is 1. The first-order chi connectivity index (χ1) is 8.15. The molecule has 0 aromatic heterocycles. The van der Waals surface area contributed by atoms with Crippen LogP contribution in [-0.2, 0) is 4.79 Å². The summed E-state index contributed by atoms with van der Waals surface area (Å²) in [4.78, 5) is 24.6. The molecule has 4 heteroatoms. The van der Waals surface area contributed by atoms with Gasteiger partial charge in [-0.05, 0) is 24.6 Å². The lowest BCUT2D eigenvalue weighted by molar-refractivity contribution is -0.114. The van der Waals surface area contributed by atoms with Gasteiger partial charge in [-0.2, -0.15) is 0 Å². The molecule has 1 aromatic carbocycles. The number of carbonyl (C=O) groups excluding carboxylic acids is 2. The minimum absolute atomic E-state index is 0.261. The summed E-state index contributed by atoms with van der Waals surface area (Å²) in [5.41, 5.74) is 0.606. The third-order valence-corrected chi connectivity index (χ3v) is 2.64. The summed E-state index contributed by atoms with van der Waals surface area (Å²) < 4.78 is 13.1. The van der Waals surface area contributed by atoms with E-state index in [0.717, 1.165) is 0 Å². The molecule has 0 N–H and O–H groups in total. The lowest BCUT2D eigenvalue weighted by Gasteiger charge is -2.15. The van der Waals surface area contributed by atoms with E-state index >= 15 is 0 Å². The molecule has 0 saturated carbocycles. The number of hydrogen-bond acceptors (Lipinski definition) is 2. The number of benzene rings is 1. The fourth-order valence-corrected chi connectivity index (χ4v) is 1.83. The number of unbranched alkanes of at least 4 members (excludes halogenated alkanes) is 1. The number of rotatable bonds is 3. The average Bonchev–Trinajstić information content (AvgIpc) is 2.54. The Morgan fingerprint density at radius 1 is 1.35 bits per heavy atom. The van der Waals surface area contributed by atoms with E-state index in [2.05, 4.69) is 5.92 Å². The van der Waals surface area contributed by atoms with Gasteiger partial charge in [0, 0.05) is 13.0 Å². The first-order valence-electron chi connectivity index (χ1n) is 5.24. The molecule has 0 unspecified atom stereocenters. The largest absolute Gasteiger partial charge is 0.305 e. The van der Waals surface area contributed by atoms with Crippen LogP contribution in [0.1, 0.15) is 23.2 Å². The Balaban J connectivity index is 2.30. The molecule has 3 nitrogen and oxygen atoms in total. The maximum Gasteiger partial charge on any atom is 0.299 e. The summed E-state index contributed by atoms with van der Waals surface area (Å²) in [7, 11) is 0. The van der Waals surface area contributed by atoms with Gasteiger partial charge >= 0.3 is 0 Å². The number of halogens is 1. The minimum Gasteiger partial charge on any atom is -0.305 e. The fraction of sp³-hybridized carbons (Fsp3) is 0.231. The van der Waals surface area contributed by atoms with Crippen molar-refractivity contribution in [2.24, 2.45) is 0 Å². The first kappa shape index (κ1) is 11.3. The quantitative estimate of drug-likeness (QED) is 0.451. The van der Waals surface area contributed by atoms with Crippen molar-refractivity contribution in [1.82, 2.24) is 0 Å². The average molecular weight is 231 g/mol. The Labute approximate surface area is 98.2 Å². The molecule has 0 saturated heterocycles. The number of nitrogens with zero attached hydrogens (tertiary/aromatic N) is 1. The van der Waals surface area contributed by atoms with Crippen molar-refractivity contribution < 1.29 is 14.0 Å². The molecule has 1 heterocycles. The zero-order valence-electron chi connectivity index (χ0n) is 9.07. The van der Waals surface area contributed by atoms with Gasteiger partial charge in [-0.15, -0.1) is 12.3 Å². The van der Waals surface area contributed by atoms with Gasteiger partial charge in [-0.25, -0.2) is 4.39 Å². The van der Waals surface area contributed by atoms with E-state index in [1.54, 1.807) is 0 Å². The highest BCUT2D eigenvalue weighted by atomic mass is 19.1. The minimum atomic E-state index is -0.609. The molecule has 17 heavy (non-hydrogen) atoms. The van der Waals surface area contributed by atoms with Gasteiger partial charge in [-0.3, -0.25) is 9.59 Å². The van der Waals surface area contributed by atoms with Crippen LogP contribution in [0, 0.1) is 18.2 Å². The third kappa shape index (κ3) is 1.92. The number of fused-ring (bicyclic) bond motifs is 1. The molecule has 0 bridgehead atoms. The van der Waals surface area contributed by atoms with Gasteiger partial charge in [0.05, 0.1) is 11.3 Å². The van der Waals surface area contributed by atoms with Crippen LogP contribution in [0.2, 0.25) is 0 Å². The number of terminal acetylenes is 1. The molecule has 0 atom stereocenters. The van der Waals surface area contributed by atoms with E-state index < -0.39 is 17.5 Å². The Kier molecular flexibility index (Phi) is 2.92. The molecule has 1 amide bonds. The van der Waals surface area contributed by atoms with Gasteiger partial charge in [0.15, 0.2) is 0 Å². The second-order valence-corrected chi connectivity index (χ2v) is 3.76. The fourth-order valence-electron chi connectivity index (χ4n) is 1.83. The van der Waals surface area contributed by atoms with Crippen LogP contribution in [-0.4, -0.2) is 18.2 Å². The van der Waals surface area contributed by atoms with Crippen LogP contribution in [0.4, 0.5) is 10.1 Å². The standard InChI is InChI=1S/C13H10FNO2/c1-2-3-4-7-15-11-8-9(14)5-6-10(11)12(16)13(15)17/h1,5-6,8H,3-4,7H2. The number of Topliss-reactive ketones (excluding diaryl/α,β-unsaturated/α-hetero) is 1. The van der Waals surface area contributed by atoms with Crippen molar-refractivity contribution in [3.05, 3.63) is 29.6 Å². The molecule has 0 fully saturated rings. The van der Waals surface area contributed by atoms with Crippen LogP contribution in [0.5, 0.6) is 0 Å². The molecule has 86 valence electrons. The summed E-state index contributed by atoms with van der Waals surface area (Å²) in [6.07, 6.45) is 6.22. The molecule has 2 rings (SSSR count). The van der Waals surface area contributed by atoms with E-state index in [-0.39, 0.29) is 5.56 Å². The van der Waals surface area contributed by atoms with E-state index in [9.17, 15) is 14.0 Å². The second kappa shape index (κ2) is 4.38. The van der Waals surface area contributed by atoms with Crippen molar-refractivity contribution in [3.63, 3.8) is 0 Å². The topological polar surface area (TPSA) is 37.4 Å². The van der Waals surface area contributed by atoms with Crippen molar-refractivity contribution >= 4 is 17.4 Å². The van der Waals surface area contributed by atoms with Crippen molar-refractivity contribution in [3.8, 4) is 12.3 Å². The van der Waals surface area contributed by atoms with E-state index in [1.165, 1.54) is 23.1 Å². The number of anilines is 1. The highest BCUT2D eigenvalue weighted by molar-refractivity contribution is 6.52. The number of carbonyl (C=O) groups is 2. The molecule has 0 aliphatic carbocycles. The van der Waals surface area contributed by atoms with Crippen LogP contribution in [0.3, 0.4) is 0 Å². The van der Waals surface area contributed by atoms with Gasteiger partial charge in [-0.1, -0.05) is 0 Å². The monoisotopic (exact) mass is 231 g/mol. The molecule has 0 radical (unpaired) electrons. The van der Waals surface area contributed by atoms with Crippen LogP contribution in [0.15, 0.2) is 18.2 Å². The predicted octanol–water partition coefficient (Wildman–Crippen LogP) is 1.77. The zero-order chi connectivity index (χ0) is 12.4. The molecule has 1 aliphatic rings. The Morgan fingerprint density at radius 3 is 2.82 bits per heavy atom. The third-order valence-electron chi connectivity index (χ3n) is 2.64. The lowest BCUT2D eigenvalue weighted by Crippen LogP contribution is -2.30. The lowest BCUT2D eigenvalue weighted by atomic mass is 10.1. The van der Waals surface area contributed by atoms with Crippen molar-refractivity contribution in [1.29, 1.82) is 0 Å². The normalized spacial score (nSPS) is 13.8. The van der Waals surface area contributed by atoms with E-state index in [0.29, 0.717) is 25.1 Å². The second-order valence-electron chi connectivity index (χ2n) is 3.76. The van der Waals surface area contributed by atoms with Crippen LogP contribution < -0.4 is 4.90 Å². The summed E-state index contributed by atoms with van der Waals surface area (Å²) >= 11 is 0. The molecular weight excluding hydrogens is 221 g/mol. The highest BCUT2D eigenvalue weighted by Crippen LogP contribution is 2.29. The van der Waals surface area contributed by atoms with Gasteiger partial charge < -0.3 is 4.90 Å². The summed E-state index contributed by atoms with van der Waals surface area (Å²) in [5.74, 6) is 0.800. The first-order valence-corrected chi connectivity index (χ1v) is 5.24. The Hall–Kier alpha value is -2.15. The SMILES string of the molecule is C#CCCCN1C(=O)C(=O)c2ccc(F)cc21. The highest BCUT2D eigenvalue weighted by Gasteiger charge is 2.35. The smallest absolute Gasteiger partial charge is 0.299 e. The molecular formula is C13H10FNO2. The zero-order valence-corrected chi connectivity index (χ0v) is 9.07.